The van der Waals surface area contributed by atoms with Gasteiger partial charge in [-0.1, -0.05) is 56.3 Å². The fourth-order valence-electron chi connectivity index (χ4n) is 17.9. The second kappa shape index (κ2) is 14.9. The molecule has 4 saturated carbocycles. The van der Waals surface area contributed by atoms with Crippen LogP contribution in [0.15, 0.2) is 108 Å². The summed E-state index contributed by atoms with van der Waals surface area (Å²) in [5.74, 6) is 3.20. The van der Waals surface area contributed by atoms with Crippen molar-refractivity contribution in [2.45, 2.75) is 169 Å². The number of benzene rings is 2. The molecule has 0 N–H and O–H groups in total. The van der Waals surface area contributed by atoms with Gasteiger partial charge in [0, 0.05) is 47.6 Å². The van der Waals surface area contributed by atoms with Crippen molar-refractivity contribution in [2.24, 2.45) is 28.6 Å². The first kappa shape index (κ1) is 42.4. The van der Waals surface area contributed by atoms with E-state index in [1.807, 2.05) is 24.8 Å². The highest BCUT2D eigenvalue weighted by molar-refractivity contribution is 5.83. The fourth-order valence-corrected chi connectivity index (χ4v) is 17.9. The lowest BCUT2D eigenvalue weighted by molar-refractivity contribution is -0.198. The van der Waals surface area contributed by atoms with Crippen LogP contribution in [0.3, 0.4) is 0 Å². The SMILES string of the molecule is CN(C)[C@@H]1CCC2=CC3=CC[C@]4(C)[C@@H](c5ccc6ccncc6c5)CC[C@H]4[C@@]34CCC2(C1)O4.CN(C)[C@@H]1CCC2CC3=CC[C@]4(C)[C@@H](c5ccc6ccncc6c5)CC[C@H]4[C@@]34CCC2(C1)O4. The molecule has 2 aromatic heterocycles. The Balaban J connectivity index is 0.000000132. The van der Waals surface area contributed by atoms with Gasteiger partial charge in [0.25, 0.3) is 0 Å². The maximum atomic E-state index is 7.49. The zero-order valence-corrected chi connectivity index (χ0v) is 40.8. The molecule has 0 radical (unpaired) electrons. The van der Waals surface area contributed by atoms with Gasteiger partial charge in [0.05, 0.1) is 22.4 Å². The van der Waals surface area contributed by atoms with E-state index in [2.05, 4.69) is 129 Å². The highest BCUT2D eigenvalue weighted by Crippen LogP contribution is 2.72. The molecule has 0 amide bonds. The molecule has 6 aliphatic carbocycles. The summed E-state index contributed by atoms with van der Waals surface area (Å²) in [6.07, 6.45) is 37.0. The van der Waals surface area contributed by atoms with E-state index >= 15 is 0 Å². The average molecular weight is 883 g/mol. The van der Waals surface area contributed by atoms with Crippen molar-refractivity contribution >= 4 is 21.5 Å². The van der Waals surface area contributed by atoms with Crippen LogP contribution >= 0.6 is 0 Å². The molecule has 4 aliphatic heterocycles. The molecule has 10 aliphatic rings. The van der Waals surface area contributed by atoms with Crippen molar-refractivity contribution in [1.82, 2.24) is 19.8 Å². The molecule has 2 aromatic carbocycles. The largest absolute Gasteiger partial charge is 0.364 e. The normalized spacial score (nSPS) is 42.6. The van der Waals surface area contributed by atoms with Gasteiger partial charge in [0.1, 0.15) is 0 Å². The van der Waals surface area contributed by atoms with Crippen molar-refractivity contribution < 1.29 is 9.47 Å². The van der Waals surface area contributed by atoms with E-state index in [0.29, 0.717) is 35.8 Å². The van der Waals surface area contributed by atoms with E-state index in [9.17, 15) is 0 Å². The molecule has 3 saturated heterocycles. The third kappa shape index (κ3) is 5.99. The van der Waals surface area contributed by atoms with Gasteiger partial charge in [0.2, 0.25) is 0 Å². The van der Waals surface area contributed by atoms with Gasteiger partial charge in [-0.3, -0.25) is 9.97 Å². The molecular weight excluding hydrogens is 809 g/mol. The summed E-state index contributed by atoms with van der Waals surface area (Å²) in [7, 11) is 9.01. The number of ether oxygens (including phenoxy) is 2. The minimum atomic E-state index is -0.0577. The van der Waals surface area contributed by atoms with E-state index in [0.717, 1.165) is 5.92 Å². The Bertz CT molecular complexity index is 2700. The average Bonchev–Trinajstić information content (AvgIpc) is 4.06. The van der Waals surface area contributed by atoms with Crippen molar-refractivity contribution in [3.63, 3.8) is 0 Å². The van der Waals surface area contributed by atoms with Gasteiger partial charge < -0.3 is 19.3 Å². The molecular formula is C60H74N4O2. The molecule has 14 rings (SSSR count). The second-order valence-electron chi connectivity index (χ2n) is 24.5. The molecule has 6 heteroatoms. The Morgan fingerprint density at radius 1 is 0.576 bits per heavy atom. The van der Waals surface area contributed by atoms with Gasteiger partial charge in [-0.15, -0.1) is 0 Å². The quantitative estimate of drug-likeness (QED) is 0.190. The molecule has 6 heterocycles. The Kier molecular flexibility index (Phi) is 9.59. The Morgan fingerprint density at radius 3 is 1.86 bits per heavy atom. The number of fused-ring (bicyclic) bond motifs is 4. The van der Waals surface area contributed by atoms with Crippen LogP contribution in [0.5, 0.6) is 0 Å². The molecule has 4 spiro atoms. The third-order valence-corrected chi connectivity index (χ3v) is 21.4. The van der Waals surface area contributed by atoms with E-state index in [-0.39, 0.29) is 33.2 Å². The number of hydrogen-bond donors (Lipinski definition) is 0. The molecule has 4 bridgehead atoms. The minimum Gasteiger partial charge on any atom is -0.364 e. The van der Waals surface area contributed by atoms with E-state index in [4.69, 9.17) is 9.47 Å². The first-order valence-electron chi connectivity index (χ1n) is 26.4. The van der Waals surface area contributed by atoms with Crippen LogP contribution in [0.1, 0.15) is 146 Å². The monoisotopic (exact) mass is 883 g/mol. The first-order chi connectivity index (χ1) is 31.9. The van der Waals surface area contributed by atoms with Crippen LogP contribution in [0.4, 0.5) is 0 Å². The lowest BCUT2D eigenvalue weighted by Crippen LogP contribution is -2.58. The summed E-state index contributed by atoms with van der Waals surface area (Å²) < 4.78 is 14.9. The minimum absolute atomic E-state index is 0.00448. The zero-order valence-electron chi connectivity index (χ0n) is 40.8. The number of pyridine rings is 2. The summed E-state index contributed by atoms with van der Waals surface area (Å²) in [5.41, 5.74) is 8.46. The number of rotatable bonds is 4. The van der Waals surface area contributed by atoms with Gasteiger partial charge in [-0.25, -0.2) is 0 Å². The van der Waals surface area contributed by atoms with E-state index in [1.165, 1.54) is 147 Å². The number of aromatic nitrogens is 2. The predicted molar refractivity (Wildman–Crippen MR) is 266 cm³/mol. The predicted octanol–water partition coefficient (Wildman–Crippen LogP) is 12.9. The topological polar surface area (TPSA) is 50.7 Å². The van der Waals surface area contributed by atoms with Crippen LogP contribution < -0.4 is 0 Å². The summed E-state index contributed by atoms with van der Waals surface area (Å²) in [5, 5.41) is 5.13. The lowest BCUT2D eigenvalue weighted by atomic mass is 9.57. The smallest absolute Gasteiger partial charge is 0.0974 e. The summed E-state index contributed by atoms with van der Waals surface area (Å²) >= 11 is 0. The number of hydrogen-bond acceptors (Lipinski definition) is 6. The lowest BCUT2D eigenvalue weighted by Gasteiger charge is -2.57. The fraction of sp³-hybridized carbons (Fsp3) is 0.600. The maximum Gasteiger partial charge on any atom is 0.0974 e. The molecule has 66 heavy (non-hydrogen) atoms. The molecule has 346 valence electrons. The molecule has 13 atom stereocenters. The first-order valence-corrected chi connectivity index (χ1v) is 26.4. The maximum absolute atomic E-state index is 7.49. The molecule has 7 fully saturated rings. The summed E-state index contributed by atoms with van der Waals surface area (Å²) in [4.78, 5) is 13.6. The van der Waals surface area contributed by atoms with Crippen molar-refractivity contribution in [3.8, 4) is 0 Å². The van der Waals surface area contributed by atoms with Gasteiger partial charge in [-0.2, -0.15) is 0 Å². The standard InChI is InChI=1S/C30H38N2O.C30H36N2O/c2*1-28-12-10-24-17-23-6-7-25(32(2)3)18-29(23)13-14-30(24,33-29)27(28)9-8-26(28)21-5-4-20-11-15-31-19-22(20)16-21/h4-5,10-11,15-16,19,23,25-27H,6-9,12-14,17-18H2,1-3H3;4-5,10-11,15-17,19,25-27H,6-9,12-14,18H2,1-3H3/t23?,25-,26-,27-,28-,29?,30-;25-,26-,27-,28-,29?,30-/m11/s1. The van der Waals surface area contributed by atoms with Gasteiger partial charge in [-0.05, 0) is 241 Å². The summed E-state index contributed by atoms with van der Waals surface area (Å²) in [6, 6.07) is 19.8. The van der Waals surface area contributed by atoms with Crippen LogP contribution in [0.25, 0.3) is 21.5 Å². The molecule has 3 unspecified atom stereocenters. The highest BCUT2D eigenvalue weighted by atomic mass is 16.5. The third-order valence-electron chi connectivity index (χ3n) is 21.4. The zero-order chi connectivity index (χ0) is 44.8. The Morgan fingerprint density at radius 2 is 1.20 bits per heavy atom. The van der Waals surface area contributed by atoms with E-state index < -0.39 is 0 Å². The highest BCUT2D eigenvalue weighted by Gasteiger charge is 2.69. The van der Waals surface area contributed by atoms with Crippen molar-refractivity contribution in [2.75, 3.05) is 28.2 Å². The molecule has 4 aromatic rings. The Labute approximate surface area is 394 Å². The number of nitrogens with zero attached hydrogens (tertiary/aromatic N) is 4. The van der Waals surface area contributed by atoms with Crippen LogP contribution in [-0.4, -0.2) is 82.4 Å². The van der Waals surface area contributed by atoms with Crippen LogP contribution in [0.2, 0.25) is 0 Å². The van der Waals surface area contributed by atoms with Crippen molar-refractivity contribution in [3.05, 3.63) is 119 Å². The van der Waals surface area contributed by atoms with Crippen molar-refractivity contribution in [1.29, 1.82) is 0 Å². The second-order valence-corrected chi connectivity index (χ2v) is 24.5. The summed E-state index contributed by atoms with van der Waals surface area (Å²) in [6.45, 7) is 5.16. The number of allylic oxidation sites excluding steroid dienone is 2. The van der Waals surface area contributed by atoms with Gasteiger partial charge >= 0.3 is 0 Å². The van der Waals surface area contributed by atoms with Gasteiger partial charge in [0.15, 0.2) is 0 Å². The molecule has 6 nitrogen and oxygen atoms in total. The van der Waals surface area contributed by atoms with Crippen LogP contribution in [-0.2, 0) is 9.47 Å². The van der Waals surface area contributed by atoms with Crippen LogP contribution in [0, 0.1) is 28.6 Å². The Hall–Kier alpha value is -3.68. The van der Waals surface area contributed by atoms with E-state index in [1.54, 1.807) is 11.1 Å².